The molecule has 0 spiro atoms. The van der Waals surface area contributed by atoms with Crippen molar-refractivity contribution < 1.29 is 18.9 Å². The van der Waals surface area contributed by atoms with Crippen molar-refractivity contribution in [2.45, 2.75) is 6.54 Å². The maximum atomic E-state index is 11.8. The molecule has 0 bridgehead atoms. The van der Waals surface area contributed by atoms with Crippen LogP contribution in [0.1, 0.15) is 16.1 Å². The summed E-state index contributed by atoms with van der Waals surface area (Å²) < 4.78 is 15.2. The second-order valence-corrected chi connectivity index (χ2v) is 5.55. The van der Waals surface area contributed by atoms with Crippen molar-refractivity contribution in [1.82, 2.24) is 20.9 Å². The van der Waals surface area contributed by atoms with E-state index >= 15 is 0 Å². The van der Waals surface area contributed by atoms with Crippen LogP contribution in [0.4, 0.5) is 5.82 Å². The maximum absolute atomic E-state index is 11.8. The second-order valence-electron chi connectivity index (χ2n) is 5.14. The van der Waals surface area contributed by atoms with Gasteiger partial charge in [-0.05, 0) is 28.0 Å². The lowest BCUT2D eigenvalue weighted by atomic mass is 10.2. The first-order valence-electron chi connectivity index (χ1n) is 7.73. The minimum Gasteiger partial charge on any atom is -0.493 e. The molecule has 2 aromatic rings. The van der Waals surface area contributed by atoms with Gasteiger partial charge >= 0.3 is 0 Å². The predicted molar refractivity (Wildman–Crippen MR) is 96.4 cm³/mol. The van der Waals surface area contributed by atoms with Crippen LogP contribution in [0.15, 0.2) is 29.4 Å². The summed E-state index contributed by atoms with van der Waals surface area (Å²) in [5.41, 5.74) is 6.33. The smallest absolute Gasteiger partial charge is 0.277 e. The zero-order valence-corrected chi connectivity index (χ0v) is 15.0. The van der Waals surface area contributed by atoms with E-state index < -0.39 is 5.91 Å². The molecule has 9 nitrogen and oxygen atoms in total. The van der Waals surface area contributed by atoms with Crippen LogP contribution >= 0.6 is 11.6 Å². The lowest BCUT2D eigenvalue weighted by molar-refractivity contribution is 0.0944. The van der Waals surface area contributed by atoms with Gasteiger partial charge in [0.25, 0.3) is 5.91 Å². The van der Waals surface area contributed by atoms with E-state index in [0.717, 1.165) is 5.56 Å². The topological polar surface area (TPSA) is 125 Å². The number of hydrogen-bond acceptors (Lipinski definition) is 8. The summed E-state index contributed by atoms with van der Waals surface area (Å²) in [7, 11) is 1.55. The molecule has 1 heterocycles. The number of nitrogen functional groups attached to an aromatic ring is 1. The van der Waals surface area contributed by atoms with Crippen molar-refractivity contribution in [2.75, 3.05) is 32.5 Å². The van der Waals surface area contributed by atoms with Gasteiger partial charge in [-0.25, -0.2) is 4.63 Å². The number of ether oxygens (including phenoxy) is 2. The van der Waals surface area contributed by atoms with Crippen LogP contribution in [-0.2, 0) is 6.54 Å². The molecular formula is C16H20ClN5O4. The quantitative estimate of drug-likeness (QED) is 0.416. The van der Waals surface area contributed by atoms with Crippen molar-refractivity contribution in [3.8, 4) is 11.5 Å². The van der Waals surface area contributed by atoms with Crippen molar-refractivity contribution in [3.05, 3.63) is 41.1 Å². The van der Waals surface area contributed by atoms with Crippen LogP contribution in [0.25, 0.3) is 0 Å². The van der Waals surface area contributed by atoms with Gasteiger partial charge in [0.1, 0.15) is 6.61 Å². The van der Waals surface area contributed by atoms with E-state index in [1.165, 1.54) is 0 Å². The molecule has 1 aromatic heterocycles. The molecule has 1 aromatic carbocycles. The van der Waals surface area contributed by atoms with E-state index in [9.17, 15) is 4.79 Å². The average molecular weight is 382 g/mol. The number of benzene rings is 1. The van der Waals surface area contributed by atoms with E-state index in [1.54, 1.807) is 19.3 Å². The van der Waals surface area contributed by atoms with Gasteiger partial charge in [0, 0.05) is 19.6 Å². The van der Waals surface area contributed by atoms with Crippen LogP contribution in [0.3, 0.4) is 0 Å². The fourth-order valence-electron chi connectivity index (χ4n) is 2.09. The number of amides is 1. The molecule has 10 heteroatoms. The van der Waals surface area contributed by atoms with Gasteiger partial charge in [0.15, 0.2) is 11.5 Å². The Kier molecular flexibility index (Phi) is 7.24. The SMILES string of the molecule is C=CCOc1c(Cl)cc(CNCCNC(=O)c2nonc2N)cc1OC. The standard InChI is InChI=1S/C16H20ClN5O4/c1-3-6-25-14-11(17)7-10(8-12(14)24-2)9-19-4-5-20-16(23)13-15(18)22-26-21-13/h3,7-8,19H,1,4-6,9H2,2H3,(H2,18,22)(H,20,23). The molecule has 1 amide bonds. The molecule has 2 rings (SSSR count). The lowest BCUT2D eigenvalue weighted by Gasteiger charge is -2.13. The van der Waals surface area contributed by atoms with Crippen molar-refractivity contribution in [1.29, 1.82) is 0 Å². The largest absolute Gasteiger partial charge is 0.493 e. The Bertz CT molecular complexity index is 765. The molecule has 140 valence electrons. The number of nitrogens with zero attached hydrogens (tertiary/aromatic N) is 2. The highest BCUT2D eigenvalue weighted by molar-refractivity contribution is 6.32. The minimum atomic E-state index is -0.445. The number of methoxy groups -OCH3 is 1. The molecule has 0 saturated heterocycles. The molecule has 0 aliphatic rings. The van der Waals surface area contributed by atoms with E-state index in [2.05, 4.69) is 32.2 Å². The summed E-state index contributed by atoms with van der Waals surface area (Å²) >= 11 is 6.24. The Morgan fingerprint density at radius 1 is 1.42 bits per heavy atom. The zero-order chi connectivity index (χ0) is 18.9. The van der Waals surface area contributed by atoms with Crippen LogP contribution in [0.5, 0.6) is 11.5 Å². The van der Waals surface area contributed by atoms with E-state index in [0.29, 0.717) is 42.8 Å². The highest BCUT2D eigenvalue weighted by Crippen LogP contribution is 2.36. The number of nitrogens with one attached hydrogen (secondary N) is 2. The van der Waals surface area contributed by atoms with Crippen LogP contribution in [-0.4, -0.2) is 43.0 Å². The predicted octanol–water partition coefficient (Wildman–Crippen LogP) is 1.40. The molecule has 0 fully saturated rings. The van der Waals surface area contributed by atoms with Crippen molar-refractivity contribution in [3.63, 3.8) is 0 Å². The fraction of sp³-hybridized carbons (Fsp3) is 0.312. The van der Waals surface area contributed by atoms with Gasteiger partial charge < -0.3 is 25.8 Å². The molecule has 0 radical (unpaired) electrons. The molecular weight excluding hydrogens is 362 g/mol. The minimum absolute atomic E-state index is 0.0309. The summed E-state index contributed by atoms with van der Waals surface area (Å²) in [4.78, 5) is 11.8. The first-order valence-corrected chi connectivity index (χ1v) is 8.11. The van der Waals surface area contributed by atoms with Gasteiger partial charge in [-0.2, -0.15) is 0 Å². The van der Waals surface area contributed by atoms with Crippen LogP contribution in [0, 0.1) is 0 Å². The summed E-state index contributed by atoms with van der Waals surface area (Å²) in [6.07, 6.45) is 1.63. The van der Waals surface area contributed by atoms with Gasteiger partial charge in [-0.1, -0.05) is 24.3 Å². The number of aromatic nitrogens is 2. The number of nitrogens with two attached hydrogens (primary N) is 1. The Morgan fingerprint density at radius 2 is 2.23 bits per heavy atom. The Morgan fingerprint density at radius 3 is 2.88 bits per heavy atom. The highest BCUT2D eigenvalue weighted by atomic mass is 35.5. The van der Waals surface area contributed by atoms with E-state index in [-0.39, 0.29) is 11.5 Å². The average Bonchev–Trinajstić information content (AvgIpc) is 3.06. The van der Waals surface area contributed by atoms with E-state index in [1.807, 2.05) is 6.07 Å². The Labute approximate surface area is 155 Å². The number of carbonyl (C=O) groups is 1. The van der Waals surface area contributed by atoms with Gasteiger partial charge in [0.05, 0.1) is 12.1 Å². The highest BCUT2D eigenvalue weighted by Gasteiger charge is 2.15. The number of anilines is 1. The van der Waals surface area contributed by atoms with Crippen molar-refractivity contribution >= 4 is 23.3 Å². The Balaban J connectivity index is 1.82. The summed E-state index contributed by atoms with van der Waals surface area (Å²) in [5.74, 6) is 0.525. The summed E-state index contributed by atoms with van der Waals surface area (Å²) in [6, 6.07) is 3.62. The number of hydrogen-bond donors (Lipinski definition) is 3. The summed E-state index contributed by atoms with van der Waals surface area (Å²) in [6.45, 7) is 5.35. The third-order valence-corrected chi connectivity index (χ3v) is 3.56. The van der Waals surface area contributed by atoms with Crippen molar-refractivity contribution in [2.24, 2.45) is 0 Å². The lowest BCUT2D eigenvalue weighted by Crippen LogP contribution is -2.32. The molecule has 0 aliphatic heterocycles. The molecule has 0 atom stereocenters. The van der Waals surface area contributed by atoms with Gasteiger partial charge in [-0.3, -0.25) is 4.79 Å². The maximum Gasteiger partial charge on any atom is 0.277 e. The number of halogens is 1. The van der Waals surface area contributed by atoms with Crippen LogP contribution < -0.4 is 25.8 Å². The molecule has 26 heavy (non-hydrogen) atoms. The molecule has 0 saturated carbocycles. The molecule has 4 N–H and O–H groups in total. The fourth-order valence-corrected chi connectivity index (χ4v) is 2.38. The van der Waals surface area contributed by atoms with Crippen LogP contribution in [0.2, 0.25) is 5.02 Å². The molecule has 0 unspecified atom stereocenters. The number of carbonyl (C=O) groups excluding carboxylic acids is 1. The van der Waals surface area contributed by atoms with Gasteiger partial charge in [0.2, 0.25) is 11.5 Å². The monoisotopic (exact) mass is 381 g/mol. The normalized spacial score (nSPS) is 10.4. The number of rotatable bonds is 10. The van der Waals surface area contributed by atoms with E-state index in [4.69, 9.17) is 26.8 Å². The van der Waals surface area contributed by atoms with Gasteiger partial charge in [-0.15, -0.1) is 0 Å². The second kappa shape index (κ2) is 9.64. The summed E-state index contributed by atoms with van der Waals surface area (Å²) in [5, 5.41) is 13.1. The third kappa shape index (κ3) is 5.11. The Hall–Kier alpha value is -2.78. The first-order chi connectivity index (χ1) is 12.6. The zero-order valence-electron chi connectivity index (χ0n) is 14.3. The first kappa shape index (κ1) is 19.5. The third-order valence-electron chi connectivity index (χ3n) is 3.28. The molecule has 0 aliphatic carbocycles.